The minimum absolute atomic E-state index is 0.0768. The second-order valence-corrected chi connectivity index (χ2v) is 4.51. The average Bonchev–Trinajstić information content (AvgIpc) is 2.23. The van der Waals surface area contributed by atoms with Gasteiger partial charge in [-0.05, 0) is 52.4 Å². The maximum absolute atomic E-state index is 13.6. The van der Waals surface area contributed by atoms with Gasteiger partial charge in [0.05, 0.1) is 4.47 Å². The number of rotatable bonds is 5. The van der Waals surface area contributed by atoms with Gasteiger partial charge in [0.25, 0.3) is 0 Å². The Morgan fingerprint density at radius 3 is 2.75 bits per heavy atom. The normalized spacial score (nSPS) is 10.4. The summed E-state index contributed by atoms with van der Waals surface area (Å²) in [7, 11) is 0. The summed E-state index contributed by atoms with van der Waals surface area (Å²) in [5, 5.41) is 8.51. The van der Waals surface area contributed by atoms with Gasteiger partial charge in [-0.1, -0.05) is 13.0 Å². The van der Waals surface area contributed by atoms with Crippen LogP contribution in [0.2, 0.25) is 0 Å². The Hall–Kier alpha value is -0.900. The maximum atomic E-state index is 13.6. The summed E-state index contributed by atoms with van der Waals surface area (Å²) in [5.41, 5.74) is 1.64. The number of halogens is 2. The molecule has 0 fully saturated rings. The minimum atomic E-state index is -0.842. The first-order chi connectivity index (χ1) is 7.54. The summed E-state index contributed by atoms with van der Waals surface area (Å²) in [4.78, 5) is 10.4. The highest BCUT2D eigenvalue weighted by Crippen LogP contribution is 2.23. The van der Waals surface area contributed by atoms with E-state index in [0.29, 0.717) is 22.9 Å². The summed E-state index contributed by atoms with van der Waals surface area (Å²) < 4.78 is 14.1. The summed E-state index contributed by atoms with van der Waals surface area (Å²) in [6.45, 7) is 2.00. The van der Waals surface area contributed by atoms with Crippen LogP contribution in [0, 0.1) is 5.82 Å². The molecule has 0 aliphatic rings. The minimum Gasteiger partial charge on any atom is -0.481 e. The third-order valence-corrected chi connectivity index (χ3v) is 2.99. The van der Waals surface area contributed by atoms with Crippen LogP contribution in [-0.2, 0) is 17.6 Å². The van der Waals surface area contributed by atoms with E-state index in [0.717, 1.165) is 12.0 Å². The number of aliphatic carboxylic acids is 1. The zero-order valence-electron chi connectivity index (χ0n) is 9.09. The summed E-state index contributed by atoms with van der Waals surface area (Å²) in [5.74, 6) is -1.12. The molecular weight excluding hydrogens is 275 g/mol. The lowest BCUT2D eigenvalue weighted by Crippen LogP contribution is -1.99. The van der Waals surface area contributed by atoms with Crippen molar-refractivity contribution in [2.45, 2.75) is 32.6 Å². The van der Waals surface area contributed by atoms with Gasteiger partial charge in [-0.25, -0.2) is 4.39 Å². The van der Waals surface area contributed by atoms with Gasteiger partial charge in [0, 0.05) is 6.42 Å². The monoisotopic (exact) mass is 288 g/mol. The van der Waals surface area contributed by atoms with Crippen LogP contribution in [0.15, 0.2) is 16.6 Å². The van der Waals surface area contributed by atoms with E-state index in [2.05, 4.69) is 15.9 Å². The first-order valence-electron chi connectivity index (χ1n) is 5.23. The van der Waals surface area contributed by atoms with Crippen LogP contribution in [0.25, 0.3) is 0 Å². The Morgan fingerprint density at radius 2 is 2.19 bits per heavy atom. The molecule has 0 aliphatic carbocycles. The van der Waals surface area contributed by atoms with E-state index in [4.69, 9.17) is 5.11 Å². The molecule has 0 aromatic heterocycles. The van der Waals surface area contributed by atoms with Crippen LogP contribution in [0.1, 0.15) is 30.9 Å². The van der Waals surface area contributed by atoms with Crippen LogP contribution >= 0.6 is 15.9 Å². The molecule has 1 aromatic rings. The van der Waals surface area contributed by atoms with Crippen molar-refractivity contribution >= 4 is 21.9 Å². The predicted molar refractivity (Wildman–Crippen MR) is 64.1 cm³/mol. The second kappa shape index (κ2) is 5.99. The maximum Gasteiger partial charge on any atom is 0.303 e. The average molecular weight is 289 g/mol. The number of carboxylic acids is 1. The molecule has 1 N–H and O–H groups in total. The highest BCUT2D eigenvalue weighted by Gasteiger charge is 2.09. The van der Waals surface area contributed by atoms with Crippen molar-refractivity contribution in [2.75, 3.05) is 0 Å². The van der Waals surface area contributed by atoms with Crippen LogP contribution < -0.4 is 0 Å². The van der Waals surface area contributed by atoms with E-state index in [-0.39, 0.29) is 12.2 Å². The predicted octanol–water partition coefficient (Wildman–Crippen LogP) is 3.56. The third kappa shape index (κ3) is 3.59. The van der Waals surface area contributed by atoms with Crippen LogP contribution in [-0.4, -0.2) is 11.1 Å². The number of aryl methyl sites for hydroxylation is 2. The molecule has 0 bridgehead atoms. The van der Waals surface area contributed by atoms with Crippen molar-refractivity contribution in [3.63, 3.8) is 0 Å². The van der Waals surface area contributed by atoms with Gasteiger partial charge >= 0.3 is 5.97 Å². The summed E-state index contributed by atoms with van der Waals surface area (Å²) in [6.07, 6.45) is 1.84. The van der Waals surface area contributed by atoms with E-state index in [1.165, 1.54) is 0 Å². The molecule has 0 saturated heterocycles. The number of benzene rings is 1. The van der Waals surface area contributed by atoms with Crippen molar-refractivity contribution < 1.29 is 14.3 Å². The number of hydrogen-bond acceptors (Lipinski definition) is 1. The Labute approximate surface area is 103 Å². The van der Waals surface area contributed by atoms with Crippen molar-refractivity contribution in [1.82, 2.24) is 0 Å². The van der Waals surface area contributed by atoms with Crippen LogP contribution in [0.3, 0.4) is 0 Å². The van der Waals surface area contributed by atoms with Crippen molar-refractivity contribution in [1.29, 1.82) is 0 Å². The van der Waals surface area contributed by atoms with Crippen LogP contribution in [0.4, 0.5) is 4.39 Å². The fraction of sp³-hybridized carbons (Fsp3) is 0.417. The SMILES string of the molecule is CCc1cc(Br)c(F)c(CCCC(=O)O)c1. The zero-order valence-corrected chi connectivity index (χ0v) is 10.7. The molecule has 16 heavy (non-hydrogen) atoms. The molecule has 0 unspecified atom stereocenters. The van der Waals surface area contributed by atoms with E-state index in [1.807, 2.05) is 13.0 Å². The Kier molecular flexibility index (Phi) is 4.93. The lowest BCUT2D eigenvalue weighted by molar-refractivity contribution is -0.137. The summed E-state index contributed by atoms with van der Waals surface area (Å²) >= 11 is 3.17. The molecule has 1 rings (SSSR count). The van der Waals surface area contributed by atoms with Gasteiger partial charge in [-0.2, -0.15) is 0 Å². The van der Waals surface area contributed by atoms with E-state index in [1.54, 1.807) is 6.07 Å². The van der Waals surface area contributed by atoms with Crippen molar-refractivity contribution in [3.8, 4) is 0 Å². The molecule has 0 amide bonds. The molecule has 0 aliphatic heterocycles. The highest BCUT2D eigenvalue weighted by atomic mass is 79.9. The molecule has 0 saturated carbocycles. The Balaban J connectivity index is 2.78. The number of carbonyl (C=O) groups is 1. The van der Waals surface area contributed by atoms with Gasteiger partial charge in [0.1, 0.15) is 5.82 Å². The first kappa shape index (κ1) is 13.2. The quantitative estimate of drug-likeness (QED) is 0.900. The standard InChI is InChI=1S/C12H14BrFO2/c1-2-8-6-9(4-3-5-11(15)16)12(14)10(13)7-8/h6-7H,2-5H2,1H3,(H,15,16). The lowest BCUT2D eigenvalue weighted by atomic mass is 10.0. The molecular formula is C12H14BrFO2. The van der Waals surface area contributed by atoms with Crippen molar-refractivity contribution in [3.05, 3.63) is 33.5 Å². The lowest BCUT2D eigenvalue weighted by Gasteiger charge is -2.07. The second-order valence-electron chi connectivity index (χ2n) is 3.65. The summed E-state index contributed by atoms with van der Waals surface area (Å²) in [6, 6.07) is 3.57. The number of carboxylic acid groups (broad SMARTS) is 1. The molecule has 1 aromatic carbocycles. The van der Waals surface area contributed by atoms with Gasteiger partial charge in [-0.15, -0.1) is 0 Å². The molecule has 0 spiro atoms. The Bertz CT molecular complexity index is 391. The van der Waals surface area contributed by atoms with Crippen LogP contribution in [0.5, 0.6) is 0 Å². The van der Waals surface area contributed by atoms with E-state index in [9.17, 15) is 9.18 Å². The molecule has 0 radical (unpaired) electrons. The molecule has 4 heteroatoms. The highest BCUT2D eigenvalue weighted by molar-refractivity contribution is 9.10. The van der Waals surface area contributed by atoms with E-state index >= 15 is 0 Å². The van der Waals surface area contributed by atoms with Gasteiger partial charge in [-0.3, -0.25) is 4.79 Å². The van der Waals surface area contributed by atoms with Gasteiger partial charge < -0.3 is 5.11 Å². The molecule has 0 atom stereocenters. The molecule has 88 valence electrons. The third-order valence-electron chi connectivity index (χ3n) is 2.41. The Morgan fingerprint density at radius 1 is 1.50 bits per heavy atom. The largest absolute Gasteiger partial charge is 0.481 e. The molecule has 2 nitrogen and oxygen atoms in total. The van der Waals surface area contributed by atoms with Crippen molar-refractivity contribution in [2.24, 2.45) is 0 Å². The smallest absolute Gasteiger partial charge is 0.303 e. The van der Waals surface area contributed by atoms with Gasteiger partial charge in [0.2, 0.25) is 0 Å². The number of hydrogen-bond donors (Lipinski definition) is 1. The fourth-order valence-electron chi connectivity index (χ4n) is 1.52. The topological polar surface area (TPSA) is 37.3 Å². The van der Waals surface area contributed by atoms with Gasteiger partial charge in [0.15, 0.2) is 0 Å². The fourth-order valence-corrected chi connectivity index (χ4v) is 2.07. The zero-order chi connectivity index (χ0) is 12.1. The first-order valence-corrected chi connectivity index (χ1v) is 6.02. The molecule has 0 heterocycles. The van der Waals surface area contributed by atoms with E-state index < -0.39 is 5.97 Å².